The van der Waals surface area contributed by atoms with Gasteiger partial charge in [-0.25, -0.2) is 0 Å². The summed E-state index contributed by atoms with van der Waals surface area (Å²) in [7, 11) is 0. The third kappa shape index (κ3) is 9.69. The van der Waals surface area contributed by atoms with Crippen molar-refractivity contribution in [3.63, 3.8) is 0 Å². The van der Waals surface area contributed by atoms with Gasteiger partial charge < -0.3 is 29.3 Å². The van der Waals surface area contributed by atoms with E-state index in [0.717, 1.165) is 12.8 Å². The van der Waals surface area contributed by atoms with Crippen molar-refractivity contribution in [1.29, 1.82) is 0 Å². The van der Waals surface area contributed by atoms with Crippen molar-refractivity contribution in [2.75, 3.05) is 65.6 Å². The first-order valence-electron chi connectivity index (χ1n) is 18.5. The molecule has 312 valence electrons. The van der Waals surface area contributed by atoms with Gasteiger partial charge in [0.2, 0.25) is 5.91 Å². The number of piperidine rings is 1. The number of amides is 2. The maximum Gasteiger partial charge on any atom is 0.416 e. The standard InChI is InChI=1S/C40H43Cl2F6N3O5.ClH/c1-2-50(15-17-52)35(53)24-55-34-21-26-5-3-4-6-31(26)37(34)9-12-49(13-10-37)14-11-38(28-7-8-32(41)33(42)23-28)25-51(16-18-56-38)36(54)27-19-29(39(43,44)45)22-30(20-27)40(46,47)48;/h3-8,19-20,22-23,34,52H,2,9-18,21,24-25H2,1H3;1H/t34-,38-;/m0./s1. The van der Waals surface area contributed by atoms with Crippen LogP contribution >= 0.6 is 35.6 Å². The molecule has 2 saturated heterocycles. The Labute approximate surface area is 343 Å². The molecule has 0 bridgehead atoms. The van der Waals surface area contributed by atoms with Gasteiger partial charge in [0, 0.05) is 37.2 Å². The van der Waals surface area contributed by atoms with E-state index in [9.17, 15) is 41.0 Å². The first kappa shape index (κ1) is 45.0. The van der Waals surface area contributed by atoms with E-state index in [1.165, 1.54) is 16.0 Å². The van der Waals surface area contributed by atoms with Gasteiger partial charge >= 0.3 is 12.4 Å². The minimum absolute atomic E-state index is 0. The van der Waals surface area contributed by atoms with Crippen LogP contribution in [0.2, 0.25) is 10.0 Å². The zero-order valence-corrected chi connectivity index (χ0v) is 33.4. The van der Waals surface area contributed by atoms with Crippen LogP contribution in [-0.2, 0) is 44.1 Å². The van der Waals surface area contributed by atoms with Crippen LogP contribution in [-0.4, -0.2) is 103 Å². The molecule has 6 rings (SSSR count). The van der Waals surface area contributed by atoms with Crippen molar-refractivity contribution in [2.24, 2.45) is 0 Å². The molecular weight excluding hydrogens is 823 g/mol. The molecule has 2 atom stereocenters. The maximum atomic E-state index is 13.8. The minimum atomic E-state index is -5.11. The number of fused-ring (bicyclic) bond motifs is 2. The van der Waals surface area contributed by atoms with Crippen LogP contribution in [0.25, 0.3) is 0 Å². The summed E-state index contributed by atoms with van der Waals surface area (Å²) in [6.45, 7) is 3.79. The Morgan fingerprint density at radius 2 is 1.61 bits per heavy atom. The molecule has 2 fully saturated rings. The maximum absolute atomic E-state index is 13.8. The number of ether oxygens (including phenoxy) is 2. The largest absolute Gasteiger partial charge is 0.416 e. The van der Waals surface area contributed by atoms with Crippen LogP contribution in [0.15, 0.2) is 60.7 Å². The number of alkyl halides is 6. The first-order chi connectivity index (χ1) is 26.5. The van der Waals surface area contributed by atoms with Gasteiger partial charge in [0.15, 0.2) is 0 Å². The van der Waals surface area contributed by atoms with Gasteiger partial charge in [-0.15, -0.1) is 12.4 Å². The number of carbonyl (C=O) groups is 2. The van der Waals surface area contributed by atoms with Crippen LogP contribution in [0, 0.1) is 0 Å². The number of nitrogens with zero attached hydrogens (tertiary/aromatic N) is 3. The third-order valence-corrected chi connectivity index (χ3v) is 12.2. The summed E-state index contributed by atoms with van der Waals surface area (Å²) in [4.78, 5) is 31.8. The highest BCUT2D eigenvalue weighted by Crippen LogP contribution is 2.48. The van der Waals surface area contributed by atoms with Crippen LogP contribution in [0.3, 0.4) is 0 Å². The van der Waals surface area contributed by atoms with Gasteiger partial charge in [-0.3, -0.25) is 9.59 Å². The second kappa shape index (κ2) is 18.0. The minimum Gasteiger partial charge on any atom is -0.395 e. The third-order valence-electron chi connectivity index (χ3n) is 11.4. The number of aliphatic hydroxyl groups is 1. The van der Waals surface area contributed by atoms with E-state index < -0.39 is 40.6 Å². The van der Waals surface area contributed by atoms with Gasteiger partial charge in [-0.05, 0) is 92.7 Å². The number of hydrogen-bond acceptors (Lipinski definition) is 6. The summed E-state index contributed by atoms with van der Waals surface area (Å²) >= 11 is 12.7. The van der Waals surface area contributed by atoms with Crippen molar-refractivity contribution in [3.05, 3.63) is 104 Å². The second-order valence-electron chi connectivity index (χ2n) is 14.6. The van der Waals surface area contributed by atoms with Gasteiger partial charge in [0.25, 0.3) is 5.91 Å². The van der Waals surface area contributed by atoms with E-state index in [0.29, 0.717) is 56.7 Å². The predicted octanol–water partition coefficient (Wildman–Crippen LogP) is 8.03. The molecule has 1 N–H and O–H groups in total. The average molecular weight is 867 g/mol. The van der Waals surface area contributed by atoms with Gasteiger partial charge in [-0.1, -0.05) is 53.5 Å². The van der Waals surface area contributed by atoms with Gasteiger partial charge in [0.1, 0.15) is 12.2 Å². The lowest BCUT2D eigenvalue weighted by atomic mass is 9.72. The van der Waals surface area contributed by atoms with Crippen molar-refractivity contribution >= 4 is 47.4 Å². The van der Waals surface area contributed by atoms with Crippen LogP contribution in [0.5, 0.6) is 0 Å². The molecule has 0 saturated carbocycles. The van der Waals surface area contributed by atoms with Crippen molar-refractivity contribution in [3.8, 4) is 0 Å². The van der Waals surface area contributed by atoms with E-state index in [1.54, 1.807) is 23.1 Å². The number of carbonyl (C=O) groups excluding carboxylic acids is 2. The molecule has 3 aromatic rings. The van der Waals surface area contributed by atoms with Crippen LogP contribution in [0.4, 0.5) is 26.3 Å². The number of likely N-dealkylation sites (N-methyl/N-ethyl adjacent to an activating group) is 1. The summed E-state index contributed by atoms with van der Waals surface area (Å²) in [5, 5.41) is 9.86. The Hall–Kier alpha value is -3.11. The Bertz CT molecular complexity index is 1880. The van der Waals surface area contributed by atoms with E-state index in [2.05, 4.69) is 17.0 Å². The zero-order valence-electron chi connectivity index (χ0n) is 31.1. The lowest BCUT2D eigenvalue weighted by Crippen LogP contribution is -2.54. The molecule has 3 aliphatic rings. The number of rotatable bonds is 11. The SMILES string of the molecule is CCN(CCO)C(=O)CO[C@H]1Cc2ccccc2C12CCN(CC[C@@]1(c3ccc(Cl)c(Cl)c3)CN(C(=O)c3cc(C(F)(F)F)cc(C(F)(F)F)c3)CCO1)CC2.Cl. The van der Waals surface area contributed by atoms with E-state index in [-0.39, 0.29) is 85.4 Å². The summed E-state index contributed by atoms with van der Waals surface area (Å²) in [6.07, 6.45) is -8.06. The number of aliphatic hydroxyl groups excluding tert-OH is 1. The Morgan fingerprint density at radius 1 is 0.947 bits per heavy atom. The molecular formula is C40H44Cl3F6N3O5. The average Bonchev–Trinajstić information content (AvgIpc) is 3.47. The number of morpholine rings is 1. The fourth-order valence-corrected chi connectivity index (χ4v) is 8.69. The molecule has 0 unspecified atom stereocenters. The molecule has 0 radical (unpaired) electrons. The Morgan fingerprint density at radius 3 is 2.23 bits per heavy atom. The van der Waals surface area contributed by atoms with E-state index >= 15 is 0 Å². The summed E-state index contributed by atoms with van der Waals surface area (Å²) in [5.74, 6) is -1.18. The molecule has 2 heterocycles. The van der Waals surface area contributed by atoms with Gasteiger partial charge in [-0.2, -0.15) is 26.3 Å². The fourth-order valence-electron chi connectivity index (χ4n) is 8.39. The molecule has 8 nitrogen and oxygen atoms in total. The second-order valence-corrected chi connectivity index (χ2v) is 15.4. The van der Waals surface area contributed by atoms with Crippen molar-refractivity contribution < 1.29 is 50.5 Å². The highest BCUT2D eigenvalue weighted by molar-refractivity contribution is 6.42. The Kier molecular flexibility index (Phi) is 14.2. The number of halogens is 9. The number of benzene rings is 3. The number of likely N-dealkylation sites (tertiary alicyclic amines) is 1. The fraction of sp³-hybridized carbons (Fsp3) is 0.500. The monoisotopic (exact) mass is 865 g/mol. The van der Waals surface area contributed by atoms with Crippen LogP contribution < -0.4 is 0 Å². The molecule has 57 heavy (non-hydrogen) atoms. The lowest BCUT2D eigenvalue weighted by molar-refractivity contribution is -0.143. The molecule has 0 aromatic heterocycles. The lowest BCUT2D eigenvalue weighted by Gasteiger charge is -2.46. The molecule has 17 heteroatoms. The Balaban J connectivity index is 0.00000620. The molecule has 1 spiro atoms. The molecule has 2 amide bonds. The molecule has 3 aromatic carbocycles. The normalized spacial score (nSPS) is 20.9. The quantitative estimate of drug-likeness (QED) is 0.197. The highest BCUT2D eigenvalue weighted by atomic mass is 35.5. The molecule has 2 aliphatic heterocycles. The van der Waals surface area contributed by atoms with Crippen molar-refractivity contribution in [1.82, 2.24) is 14.7 Å². The number of hydrogen-bond donors (Lipinski definition) is 1. The highest BCUT2D eigenvalue weighted by Gasteiger charge is 2.50. The van der Waals surface area contributed by atoms with E-state index in [4.69, 9.17) is 32.7 Å². The summed E-state index contributed by atoms with van der Waals surface area (Å²) in [5.41, 5.74) is -2.52. The molecule has 1 aliphatic carbocycles. The zero-order chi connectivity index (χ0) is 40.5. The smallest absolute Gasteiger partial charge is 0.395 e. The first-order valence-corrected chi connectivity index (χ1v) is 19.2. The van der Waals surface area contributed by atoms with Crippen molar-refractivity contribution in [2.45, 2.75) is 62.1 Å². The van der Waals surface area contributed by atoms with Gasteiger partial charge in [0.05, 0.1) is 47.0 Å². The topological polar surface area (TPSA) is 82.5 Å². The summed E-state index contributed by atoms with van der Waals surface area (Å²) in [6, 6.07) is 13.9. The summed E-state index contributed by atoms with van der Waals surface area (Å²) < 4.78 is 95.0. The van der Waals surface area contributed by atoms with Crippen LogP contribution in [0.1, 0.15) is 64.4 Å². The van der Waals surface area contributed by atoms with E-state index in [1.807, 2.05) is 19.1 Å². The predicted molar refractivity (Wildman–Crippen MR) is 205 cm³/mol.